The lowest BCUT2D eigenvalue weighted by atomic mass is 10.00. The van der Waals surface area contributed by atoms with E-state index in [0.717, 1.165) is 39.3 Å². The van der Waals surface area contributed by atoms with Gasteiger partial charge in [-0.15, -0.1) is 0 Å². The predicted octanol–water partition coefficient (Wildman–Crippen LogP) is 4.79. The maximum Gasteiger partial charge on any atom is 0.256 e. The number of hydrogen-bond donors (Lipinski definition) is 2. The van der Waals surface area contributed by atoms with Crippen LogP contribution in [0.15, 0.2) is 54.6 Å². The highest BCUT2D eigenvalue weighted by atomic mass is 16.2. The Hall–Kier alpha value is -3.07. The number of rotatable bonds is 2. The molecule has 0 saturated carbocycles. The topological polar surface area (TPSA) is 44.9 Å². The van der Waals surface area contributed by atoms with E-state index in [0.29, 0.717) is 5.57 Å². The molecule has 0 spiro atoms. The summed E-state index contributed by atoms with van der Waals surface area (Å²) in [6.07, 6.45) is 1.94. The average molecular weight is 314 g/mol. The van der Waals surface area contributed by atoms with E-state index in [2.05, 4.69) is 34.6 Å². The van der Waals surface area contributed by atoms with Gasteiger partial charge >= 0.3 is 0 Å². The molecule has 24 heavy (non-hydrogen) atoms. The first-order valence-corrected chi connectivity index (χ1v) is 8.01. The van der Waals surface area contributed by atoms with Crippen LogP contribution in [0.1, 0.15) is 22.5 Å². The zero-order valence-corrected chi connectivity index (χ0v) is 13.7. The Morgan fingerprint density at radius 2 is 1.71 bits per heavy atom. The van der Waals surface area contributed by atoms with Crippen molar-refractivity contribution < 1.29 is 4.79 Å². The van der Waals surface area contributed by atoms with Crippen LogP contribution in [-0.2, 0) is 4.79 Å². The number of aromatic nitrogens is 1. The van der Waals surface area contributed by atoms with Crippen molar-refractivity contribution in [2.75, 3.05) is 5.32 Å². The summed E-state index contributed by atoms with van der Waals surface area (Å²) in [5, 5.41) is 2.98. The second kappa shape index (κ2) is 5.53. The van der Waals surface area contributed by atoms with Crippen molar-refractivity contribution in [3.05, 3.63) is 77.1 Å². The molecule has 0 fully saturated rings. The molecule has 0 atom stereocenters. The molecule has 4 rings (SSSR count). The summed E-state index contributed by atoms with van der Waals surface area (Å²) < 4.78 is 0. The van der Waals surface area contributed by atoms with Crippen molar-refractivity contribution in [3.8, 4) is 11.1 Å². The van der Waals surface area contributed by atoms with Crippen LogP contribution in [0.3, 0.4) is 0 Å². The molecule has 118 valence electrons. The SMILES string of the molecule is Cc1cc(C)c(/C=C2\C(=O)Nc3cc(-c4ccccc4)ccc32)[nH]1. The van der Waals surface area contributed by atoms with E-state index in [1.165, 1.54) is 0 Å². The molecule has 2 aromatic carbocycles. The monoisotopic (exact) mass is 314 g/mol. The summed E-state index contributed by atoms with van der Waals surface area (Å²) in [4.78, 5) is 15.7. The normalized spacial score (nSPS) is 14.8. The quantitative estimate of drug-likeness (QED) is 0.656. The van der Waals surface area contributed by atoms with Gasteiger partial charge in [-0.25, -0.2) is 0 Å². The highest BCUT2D eigenvalue weighted by molar-refractivity contribution is 6.35. The van der Waals surface area contributed by atoms with Gasteiger partial charge in [-0.1, -0.05) is 42.5 Å². The fourth-order valence-corrected chi connectivity index (χ4v) is 3.19. The van der Waals surface area contributed by atoms with Crippen LogP contribution in [0, 0.1) is 13.8 Å². The molecule has 0 unspecified atom stereocenters. The first-order valence-electron chi connectivity index (χ1n) is 8.01. The number of nitrogens with one attached hydrogen (secondary N) is 2. The number of amides is 1. The molecule has 3 heteroatoms. The Balaban J connectivity index is 1.77. The molecular formula is C21H18N2O. The van der Waals surface area contributed by atoms with Crippen LogP contribution in [0.4, 0.5) is 5.69 Å². The summed E-state index contributed by atoms with van der Waals surface area (Å²) in [7, 11) is 0. The fraction of sp³-hybridized carbons (Fsp3) is 0.0952. The minimum absolute atomic E-state index is 0.0538. The van der Waals surface area contributed by atoms with Crippen molar-refractivity contribution in [1.29, 1.82) is 0 Å². The zero-order chi connectivity index (χ0) is 16.7. The van der Waals surface area contributed by atoms with Gasteiger partial charge < -0.3 is 10.3 Å². The van der Waals surface area contributed by atoms with E-state index in [1.54, 1.807) is 0 Å². The van der Waals surface area contributed by atoms with Crippen LogP contribution in [0.5, 0.6) is 0 Å². The maximum absolute atomic E-state index is 12.4. The molecule has 1 amide bonds. The van der Waals surface area contributed by atoms with Crippen LogP contribution in [0.25, 0.3) is 22.8 Å². The number of aromatic amines is 1. The van der Waals surface area contributed by atoms with Gasteiger partial charge in [-0.2, -0.15) is 0 Å². The molecule has 3 nitrogen and oxygen atoms in total. The minimum Gasteiger partial charge on any atom is -0.359 e. The third-order valence-corrected chi connectivity index (χ3v) is 4.39. The molecule has 1 aromatic heterocycles. The third-order valence-electron chi connectivity index (χ3n) is 4.39. The molecule has 1 aliphatic heterocycles. The molecule has 3 aromatic rings. The van der Waals surface area contributed by atoms with Crippen LogP contribution in [0.2, 0.25) is 0 Å². The lowest BCUT2D eigenvalue weighted by Crippen LogP contribution is -2.03. The molecule has 1 aliphatic rings. The van der Waals surface area contributed by atoms with Crippen molar-refractivity contribution >= 4 is 23.2 Å². The maximum atomic E-state index is 12.4. The molecule has 2 N–H and O–H groups in total. The third kappa shape index (κ3) is 2.44. The first-order chi connectivity index (χ1) is 11.6. The standard InChI is InChI=1S/C21H18N2O/c1-13-10-14(2)22-19(13)12-18-17-9-8-16(11-20(17)23-21(18)24)15-6-4-3-5-7-15/h3-12,22H,1-2H3,(H,23,24)/b18-12-. The minimum atomic E-state index is -0.0538. The second-order valence-electron chi connectivity index (χ2n) is 6.19. The van der Waals surface area contributed by atoms with Gasteiger partial charge in [0.05, 0.1) is 5.57 Å². The number of carbonyl (C=O) groups excluding carboxylic acids is 1. The van der Waals surface area contributed by atoms with Gasteiger partial charge in [-0.3, -0.25) is 4.79 Å². The lowest BCUT2D eigenvalue weighted by Gasteiger charge is -2.04. The van der Waals surface area contributed by atoms with Crippen molar-refractivity contribution in [1.82, 2.24) is 4.98 Å². The first kappa shape index (κ1) is 14.5. The van der Waals surface area contributed by atoms with Gasteiger partial charge in [0.15, 0.2) is 0 Å². The summed E-state index contributed by atoms with van der Waals surface area (Å²) in [5.41, 5.74) is 7.98. The van der Waals surface area contributed by atoms with Gasteiger partial charge in [-0.05, 0) is 48.7 Å². The van der Waals surface area contributed by atoms with Crippen LogP contribution < -0.4 is 5.32 Å². The predicted molar refractivity (Wildman–Crippen MR) is 98.6 cm³/mol. The van der Waals surface area contributed by atoms with Gasteiger partial charge in [0, 0.05) is 22.6 Å². The Labute approximate surface area is 141 Å². The van der Waals surface area contributed by atoms with Gasteiger partial charge in [0.2, 0.25) is 0 Å². The summed E-state index contributed by atoms with van der Waals surface area (Å²) in [6, 6.07) is 18.4. The number of H-pyrrole nitrogens is 1. The van der Waals surface area contributed by atoms with Crippen molar-refractivity contribution in [2.24, 2.45) is 0 Å². The highest BCUT2D eigenvalue weighted by Crippen LogP contribution is 2.36. The van der Waals surface area contributed by atoms with Crippen LogP contribution in [-0.4, -0.2) is 10.9 Å². The van der Waals surface area contributed by atoms with E-state index >= 15 is 0 Å². The largest absolute Gasteiger partial charge is 0.359 e. The smallest absolute Gasteiger partial charge is 0.256 e. The summed E-state index contributed by atoms with van der Waals surface area (Å²) in [6.45, 7) is 4.06. The lowest BCUT2D eigenvalue weighted by molar-refractivity contribution is -0.110. The van der Waals surface area contributed by atoms with E-state index in [-0.39, 0.29) is 5.91 Å². The van der Waals surface area contributed by atoms with E-state index in [9.17, 15) is 4.79 Å². The van der Waals surface area contributed by atoms with Crippen molar-refractivity contribution in [2.45, 2.75) is 13.8 Å². The number of anilines is 1. The van der Waals surface area contributed by atoms with E-state index in [4.69, 9.17) is 0 Å². The number of benzene rings is 2. The van der Waals surface area contributed by atoms with E-state index in [1.807, 2.05) is 50.3 Å². The number of aryl methyl sites for hydroxylation is 2. The van der Waals surface area contributed by atoms with E-state index < -0.39 is 0 Å². The van der Waals surface area contributed by atoms with Gasteiger partial charge in [0.1, 0.15) is 0 Å². The molecule has 0 aliphatic carbocycles. The molecule has 0 radical (unpaired) electrons. The molecular weight excluding hydrogens is 296 g/mol. The number of fused-ring (bicyclic) bond motifs is 1. The second-order valence-corrected chi connectivity index (χ2v) is 6.19. The molecule has 0 bridgehead atoms. The summed E-state index contributed by atoms with van der Waals surface area (Å²) in [5.74, 6) is -0.0538. The average Bonchev–Trinajstić information content (AvgIpc) is 3.07. The Bertz CT molecular complexity index is 965. The molecule has 2 heterocycles. The zero-order valence-electron chi connectivity index (χ0n) is 13.7. The highest BCUT2D eigenvalue weighted by Gasteiger charge is 2.24. The fourth-order valence-electron chi connectivity index (χ4n) is 3.19. The summed E-state index contributed by atoms with van der Waals surface area (Å²) >= 11 is 0. The Kier molecular flexibility index (Phi) is 3.35. The molecule has 0 saturated heterocycles. The van der Waals surface area contributed by atoms with Gasteiger partial charge in [0.25, 0.3) is 5.91 Å². The van der Waals surface area contributed by atoms with Crippen molar-refractivity contribution in [3.63, 3.8) is 0 Å². The Morgan fingerprint density at radius 1 is 0.917 bits per heavy atom. The Morgan fingerprint density at radius 3 is 2.42 bits per heavy atom. The number of hydrogen-bond acceptors (Lipinski definition) is 1. The number of carbonyl (C=O) groups is 1. The van der Waals surface area contributed by atoms with Crippen LogP contribution >= 0.6 is 0 Å².